The summed E-state index contributed by atoms with van der Waals surface area (Å²) in [5, 5.41) is 9.96. The average molecular weight is 222 g/mol. The van der Waals surface area contributed by atoms with Gasteiger partial charge in [0, 0.05) is 12.0 Å². The third kappa shape index (κ3) is 2.54. The van der Waals surface area contributed by atoms with Gasteiger partial charge in [0.05, 0.1) is 7.11 Å². The molecule has 0 heterocycles. The molecule has 16 heavy (non-hydrogen) atoms. The van der Waals surface area contributed by atoms with Gasteiger partial charge in [0.2, 0.25) is 0 Å². The monoisotopic (exact) mass is 222 g/mol. The number of rotatable bonds is 5. The third-order valence-corrected chi connectivity index (χ3v) is 2.77. The minimum atomic E-state index is 0.0119. The Labute approximate surface area is 96.1 Å². The van der Waals surface area contributed by atoms with Gasteiger partial charge < -0.3 is 14.6 Å². The van der Waals surface area contributed by atoms with E-state index in [1.165, 1.54) is 7.11 Å². The molecule has 1 N–H and O–H groups in total. The molecule has 1 aromatic carbocycles. The van der Waals surface area contributed by atoms with Crippen LogP contribution in [0.4, 0.5) is 0 Å². The standard InChI is InChI=1S/C13H18O3/c1-4-10-7-11(9(2)5-6-14)13(15)12(8-10)16-3/h6-9,15H,4-5H2,1-3H3. The first-order chi connectivity index (χ1) is 7.63. The molecule has 3 heteroatoms. The molecular weight excluding hydrogens is 204 g/mol. The Hall–Kier alpha value is -1.51. The highest BCUT2D eigenvalue weighted by atomic mass is 16.5. The molecule has 0 saturated carbocycles. The Balaban J connectivity index is 3.19. The molecule has 0 fully saturated rings. The summed E-state index contributed by atoms with van der Waals surface area (Å²) in [5.74, 6) is 0.638. The first-order valence-electron chi connectivity index (χ1n) is 5.47. The lowest BCUT2D eigenvalue weighted by atomic mass is 9.94. The Morgan fingerprint density at radius 2 is 2.19 bits per heavy atom. The molecule has 0 bridgehead atoms. The molecule has 0 aliphatic rings. The van der Waals surface area contributed by atoms with Crippen LogP contribution in [0.3, 0.4) is 0 Å². The fourth-order valence-corrected chi connectivity index (χ4v) is 1.70. The molecule has 0 aliphatic heterocycles. The lowest BCUT2D eigenvalue weighted by molar-refractivity contribution is -0.108. The summed E-state index contributed by atoms with van der Waals surface area (Å²) < 4.78 is 5.12. The van der Waals surface area contributed by atoms with Crippen molar-refractivity contribution >= 4 is 6.29 Å². The molecule has 1 aromatic rings. The molecule has 0 spiro atoms. The number of methoxy groups -OCH3 is 1. The molecule has 0 saturated heterocycles. The highest BCUT2D eigenvalue weighted by molar-refractivity contribution is 5.55. The molecule has 0 radical (unpaired) electrons. The van der Waals surface area contributed by atoms with Crippen molar-refractivity contribution in [3.8, 4) is 11.5 Å². The van der Waals surface area contributed by atoms with E-state index in [0.29, 0.717) is 12.2 Å². The second-order valence-electron chi connectivity index (χ2n) is 3.89. The van der Waals surface area contributed by atoms with E-state index >= 15 is 0 Å². The molecule has 3 nitrogen and oxygen atoms in total. The molecule has 1 atom stereocenters. The van der Waals surface area contributed by atoms with Crippen LogP contribution in [0.1, 0.15) is 37.3 Å². The first-order valence-corrected chi connectivity index (χ1v) is 5.47. The van der Waals surface area contributed by atoms with Gasteiger partial charge in [0.1, 0.15) is 6.29 Å². The van der Waals surface area contributed by atoms with Crippen molar-refractivity contribution in [1.82, 2.24) is 0 Å². The fraction of sp³-hybridized carbons (Fsp3) is 0.462. The number of aryl methyl sites for hydroxylation is 1. The zero-order chi connectivity index (χ0) is 12.1. The number of carbonyl (C=O) groups excluding carboxylic acids is 1. The lowest BCUT2D eigenvalue weighted by Gasteiger charge is -2.15. The number of benzene rings is 1. The maximum atomic E-state index is 10.5. The van der Waals surface area contributed by atoms with Crippen LogP contribution in [-0.2, 0) is 11.2 Å². The van der Waals surface area contributed by atoms with Crippen molar-refractivity contribution in [2.24, 2.45) is 0 Å². The Bertz CT molecular complexity index is 372. The van der Waals surface area contributed by atoms with Gasteiger partial charge >= 0.3 is 0 Å². The maximum absolute atomic E-state index is 10.5. The van der Waals surface area contributed by atoms with Crippen molar-refractivity contribution in [3.63, 3.8) is 0 Å². The van der Waals surface area contributed by atoms with Gasteiger partial charge in [0.15, 0.2) is 11.5 Å². The summed E-state index contributed by atoms with van der Waals surface area (Å²) in [6, 6.07) is 3.76. The van der Waals surface area contributed by atoms with Crippen LogP contribution in [0.5, 0.6) is 11.5 Å². The summed E-state index contributed by atoms with van der Waals surface area (Å²) in [5.41, 5.74) is 1.88. The Kier molecular flexibility index (Phi) is 4.35. The number of phenolic OH excluding ortho intramolecular Hbond substituents is 1. The van der Waals surface area contributed by atoms with E-state index in [0.717, 1.165) is 23.8 Å². The lowest BCUT2D eigenvalue weighted by Crippen LogP contribution is -1.98. The second-order valence-corrected chi connectivity index (χ2v) is 3.89. The normalized spacial score (nSPS) is 12.2. The van der Waals surface area contributed by atoms with Crippen LogP contribution < -0.4 is 4.74 Å². The summed E-state index contributed by atoms with van der Waals surface area (Å²) in [4.78, 5) is 10.5. The number of aldehydes is 1. The highest BCUT2D eigenvalue weighted by Gasteiger charge is 2.15. The average Bonchev–Trinajstić information content (AvgIpc) is 2.29. The largest absolute Gasteiger partial charge is 0.504 e. The first kappa shape index (κ1) is 12.6. The number of phenols is 1. The molecule has 88 valence electrons. The van der Waals surface area contributed by atoms with Crippen LogP contribution in [0.2, 0.25) is 0 Å². The quantitative estimate of drug-likeness (QED) is 0.779. The number of carbonyl (C=O) groups is 1. The third-order valence-electron chi connectivity index (χ3n) is 2.77. The molecule has 1 rings (SSSR count). The van der Waals surface area contributed by atoms with Crippen molar-refractivity contribution in [3.05, 3.63) is 23.3 Å². The predicted octanol–water partition coefficient (Wildman–Crippen LogP) is 2.66. The van der Waals surface area contributed by atoms with E-state index in [4.69, 9.17) is 4.74 Å². The topological polar surface area (TPSA) is 46.5 Å². The van der Waals surface area contributed by atoms with Gasteiger partial charge in [-0.1, -0.05) is 19.9 Å². The summed E-state index contributed by atoms with van der Waals surface area (Å²) >= 11 is 0. The van der Waals surface area contributed by atoms with Gasteiger partial charge in [-0.2, -0.15) is 0 Å². The zero-order valence-corrected chi connectivity index (χ0v) is 9.99. The molecule has 0 aliphatic carbocycles. The summed E-state index contributed by atoms with van der Waals surface area (Å²) in [7, 11) is 1.53. The van der Waals surface area contributed by atoms with Crippen LogP contribution in [0, 0.1) is 0 Å². The van der Waals surface area contributed by atoms with Gasteiger partial charge in [-0.3, -0.25) is 0 Å². The van der Waals surface area contributed by atoms with Crippen LogP contribution in [0.25, 0.3) is 0 Å². The van der Waals surface area contributed by atoms with E-state index in [1.54, 1.807) is 0 Å². The van der Waals surface area contributed by atoms with Crippen molar-refractivity contribution in [2.75, 3.05) is 7.11 Å². The zero-order valence-electron chi connectivity index (χ0n) is 9.99. The summed E-state index contributed by atoms with van der Waals surface area (Å²) in [6.07, 6.45) is 2.15. The van der Waals surface area contributed by atoms with Gasteiger partial charge in [-0.25, -0.2) is 0 Å². The van der Waals surface area contributed by atoms with E-state index in [-0.39, 0.29) is 11.7 Å². The minimum Gasteiger partial charge on any atom is -0.504 e. The Morgan fingerprint density at radius 3 is 2.69 bits per heavy atom. The SMILES string of the molecule is CCc1cc(OC)c(O)c(C(C)CC=O)c1. The van der Waals surface area contributed by atoms with Gasteiger partial charge in [-0.15, -0.1) is 0 Å². The van der Waals surface area contributed by atoms with Crippen molar-refractivity contribution in [1.29, 1.82) is 0 Å². The predicted molar refractivity (Wildman–Crippen MR) is 63.1 cm³/mol. The number of hydrogen-bond acceptors (Lipinski definition) is 3. The van der Waals surface area contributed by atoms with Crippen LogP contribution in [-0.4, -0.2) is 18.5 Å². The van der Waals surface area contributed by atoms with Crippen LogP contribution in [0.15, 0.2) is 12.1 Å². The molecule has 0 aromatic heterocycles. The fourth-order valence-electron chi connectivity index (χ4n) is 1.70. The molecule has 0 amide bonds. The van der Waals surface area contributed by atoms with E-state index in [1.807, 2.05) is 26.0 Å². The number of ether oxygens (including phenoxy) is 1. The van der Waals surface area contributed by atoms with Crippen LogP contribution >= 0.6 is 0 Å². The van der Waals surface area contributed by atoms with Gasteiger partial charge in [0.25, 0.3) is 0 Å². The Morgan fingerprint density at radius 1 is 1.50 bits per heavy atom. The smallest absolute Gasteiger partial charge is 0.161 e. The van der Waals surface area contributed by atoms with Gasteiger partial charge in [-0.05, 0) is 24.0 Å². The van der Waals surface area contributed by atoms with E-state index < -0.39 is 0 Å². The molecule has 1 unspecified atom stereocenters. The van der Waals surface area contributed by atoms with Crippen molar-refractivity contribution in [2.45, 2.75) is 32.6 Å². The minimum absolute atomic E-state index is 0.0119. The maximum Gasteiger partial charge on any atom is 0.161 e. The highest BCUT2D eigenvalue weighted by Crippen LogP contribution is 2.36. The summed E-state index contributed by atoms with van der Waals surface area (Å²) in [6.45, 7) is 3.96. The molecular formula is C13H18O3. The van der Waals surface area contributed by atoms with Crippen molar-refractivity contribution < 1.29 is 14.6 Å². The number of aromatic hydroxyl groups is 1. The van der Waals surface area contributed by atoms with E-state index in [2.05, 4.69) is 0 Å². The van der Waals surface area contributed by atoms with E-state index in [9.17, 15) is 9.90 Å². The number of hydrogen-bond donors (Lipinski definition) is 1. The second kappa shape index (κ2) is 5.54.